The van der Waals surface area contributed by atoms with Gasteiger partial charge in [0, 0.05) is 35.5 Å². The van der Waals surface area contributed by atoms with Gasteiger partial charge in [-0.1, -0.05) is 23.7 Å². The van der Waals surface area contributed by atoms with Gasteiger partial charge in [-0.3, -0.25) is 19.8 Å². The van der Waals surface area contributed by atoms with Crippen LogP contribution in [-0.2, 0) is 20.9 Å². The van der Waals surface area contributed by atoms with E-state index in [4.69, 9.17) is 16.3 Å². The lowest BCUT2D eigenvalue weighted by atomic mass is 10.2. The fourth-order valence-electron chi connectivity index (χ4n) is 2.62. The highest BCUT2D eigenvalue weighted by Gasteiger charge is 2.13. The fourth-order valence-corrected chi connectivity index (χ4v) is 2.80. The van der Waals surface area contributed by atoms with Gasteiger partial charge in [-0.2, -0.15) is 0 Å². The third kappa shape index (κ3) is 7.31. The van der Waals surface area contributed by atoms with Gasteiger partial charge in [-0.15, -0.1) is 0 Å². The minimum absolute atomic E-state index is 0.0515. The topological polar surface area (TPSA) is 102 Å². The molecule has 0 aliphatic carbocycles. The zero-order valence-electron chi connectivity index (χ0n) is 16.6. The molecule has 1 N–H and O–H groups in total. The predicted molar refractivity (Wildman–Crippen MR) is 115 cm³/mol. The normalized spacial score (nSPS) is 10.9. The molecule has 158 valence electrons. The molecule has 1 amide bonds. The molecule has 2 rings (SSSR count). The van der Waals surface area contributed by atoms with Crippen LogP contribution in [0.15, 0.2) is 48.5 Å². The maximum atomic E-state index is 12.3. The SMILES string of the molecule is CCOC(=O)/C=C/c1ccc(NC(=O)CN(C)Cc2cc([N+](=O)[O-])ccc2Cl)cc1. The minimum Gasteiger partial charge on any atom is -0.463 e. The van der Waals surface area contributed by atoms with E-state index in [2.05, 4.69) is 5.32 Å². The Morgan fingerprint density at radius 1 is 1.23 bits per heavy atom. The van der Waals surface area contributed by atoms with Gasteiger partial charge < -0.3 is 10.1 Å². The quantitative estimate of drug-likeness (QED) is 0.279. The number of amides is 1. The molecule has 0 aliphatic heterocycles. The molecule has 0 bridgehead atoms. The molecule has 0 atom stereocenters. The Morgan fingerprint density at radius 3 is 2.57 bits per heavy atom. The van der Waals surface area contributed by atoms with Crippen molar-refractivity contribution in [3.05, 3.63) is 74.8 Å². The Hall–Kier alpha value is -3.23. The van der Waals surface area contributed by atoms with Crippen LogP contribution in [0.2, 0.25) is 5.02 Å². The number of esters is 1. The van der Waals surface area contributed by atoms with Gasteiger partial charge >= 0.3 is 5.97 Å². The van der Waals surface area contributed by atoms with Crippen molar-refractivity contribution >= 4 is 40.9 Å². The summed E-state index contributed by atoms with van der Waals surface area (Å²) in [5, 5.41) is 14.1. The molecular weight excluding hydrogens is 410 g/mol. The first kappa shape index (κ1) is 23.1. The van der Waals surface area contributed by atoms with Gasteiger partial charge in [0.2, 0.25) is 5.91 Å². The van der Waals surface area contributed by atoms with Crippen LogP contribution in [-0.4, -0.2) is 41.9 Å². The first-order chi connectivity index (χ1) is 14.3. The Kier molecular flexibility index (Phi) is 8.52. The van der Waals surface area contributed by atoms with Crippen molar-refractivity contribution < 1.29 is 19.2 Å². The molecular formula is C21H22ClN3O5. The summed E-state index contributed by atoms with van der Waals surface area (Å²) in [5.74, 6) is -0.657. The molecule has 0 saturated carbocycles. The average molecular weight is 432 g/mol. The van der Waals surface area contributed by atoms with Crippen LogP contribution in [0.25, 0.3) is 6.08 Å². The number of rotatable bonds is 9. The highest BCUT2D eigenvalue weighted by Crippen LogP contribution is 2.23. The molecule has 0 fully saturated rings. The lowest BCUT2D eigenvalue weighted by Gasteiger charge is -2.17. The van der Waals surface area contributed by atoms with Gasteiger partial charge in [-0.25, -0.2) is 4.79 Å². The highest BCUT2D eigenvalue weighted by molar-refractivity contribution is 6.31. The minimum atomic E-state index is -0.488. The van der Waals surface area contributed by atoms with Crippen LogP contribution in [0.4, 0.5) is 11.4 Å². The largest absolute Gasteiger partial charge is 0.463 e. The number of hydrogen-bond acceptors (Lipinski definition) is 6. The number of likely N-dealkylation sites (N-methyl/N-ethyl adjacent to an activating group) is 1. The number of carbonyl (C=O) groups is 2. The number of non-ortho nitro benzene ring substituents is 1. The number of nitro groups is 1. The predicted octanol–water partition coefficient (Wildman–Crippen LogP) is 3.90. The Bertz CT molecular complexity index is 944. The van der Waals surface area contributed by atoms with Crippen molar-refractivity contribution in [3.8, 4) is 0 Å². The Balaban J connectivity index is 1.90. The third-order valence-electron chi connectivity index (χ3n) is 3.99. The monoisotopic (exact) mass is 431 g/mol. The van der Waals surface area contributed by atoms with E-state index in [1.165, 1.54) is 24.3 Å². The first-order valence-corrected chi connectivity index (χ1v) is 9.52. The molecule has 2 aromatic rings. The molecule has 9 heteroatoms. The van der Waals surface area contributed by atoms with E-state index >= 15 is 0 Å². The molecule has 30 heavy (non-hydrogen) atoms. The average Bonchev–Trinajstić information content (AvgIpc) is 2.69. The van der Waals surface area contributed by atoms with Crippen molar-refractivity contribution in [1.82, 2.24) is 4.90 Å². The van der Waals surface area contributed by atoms with Crippen LogP contribution >= 0.6 is 11.6 Å². The van der Waals surface area contributed by atoms with Gasteiger partial charge in [0.25, 0.3) is 5.69 Å². The van der Waals surface area contributed by atoms with Crippen LogP contribution in [0.1, 0.15) is 18.1 Å². The summed E-state index contributed by atoms with van der Waals surface area (Å²) in [4.78, 5) is 35.7. The molecule has 0 unspecified atom stereocenters. The van der Waals surface area contributed by atoms with Crippen molar-refractivity contribution in [2.75, 3.05) is 25.5 Å². The van der Waals surface area contributed by atoms with Crippen LogP contribution in [0.3, 0.4) is 0 Å². The number of ether oxygens (including phenoxy) is 1. The van der Waals surface area contributed by atoms with Crippen LogP contribution in [0.5, 0.6) is 0 Å². The van der Waals surface area contributed by atoms with Crippen molar-refractivity contribution in [2.45, 2.75) is 13.5 Å². The number of halogens is 1. The zero-order valence-corrected chi connectivity index (χ0v) is 17.4. The van der Waals surface area contributed by atoms with Crippen LogP contribution < -0.4 is 5.32 Å². The number of hydrogen-bond donors (Lipinski definition) is 1. The van der Waals surface area contributed by atoms with Gasteiger partial charge in [0.1, 0.15) is 0 Å². The maximum Gasteiger partial charge on any atom is 0.330 e. The van der Waals surface area contributed by atoms with E-state index in [0.717, 1.165) is 5.56 Å². The number of nitro benzene ring substituents is 1. The van der Waals surface area contributed by atoms with Gasteiger partial charge in [0.05, 0.1) is 18.1 Å². The van der Waals surface area contributed by atoms with E-state index in [-0.39, 0.29) is 24.7 Å². The number of benzene rings is 2. The molecule has 8 nitrogen and oxygen atoms in total. The Morgan fingerprint density at radius 2 is 1.93 bits per heavy atom. The van der Waals surface area contributed by atoms with E-state index in [1.807, 2.05) is 0 Å². The summed E-state index contributed by atoms with van der Waals surface area (Å²) in [6, 6.07) is 11.2. The molecule has 0 heterocycles. The number of nitrogens with zero attached hydrogens (tertiary/aromatic N) is 2. The van der Waals surface area contributed by atoms with E-state index in [0.29, 0.717) is 22.9 Å². The lowest BCUT2D eigenvalue weighted by Crippen LogP contribution is -2.29. The second kappa shape index (κ2) is 11.1. The number of anilines is 1. The van der Waals surface area contributed by atoms with E-state index in [9.17, 15) is 19.7 Å². The van der Waals surface area contributed by atoms with E-state index < -0.39 is 10.9 Å². The summed E-state index contributed by atoms with van der Waals surface area (Å²) in [6.07, 6.45) is 2.96. The second-order valence-electron chi connectivity index (χ2n) is 6.46. The van der Waals surface area contributed by atoms with Crippen LogP contribution in [0, 0.1) is 10.1 Å². The Labute approximate surface area is 179 Å². The standard InChI is InChI=1S/C21H22ClN3O5/c1-3-30-21(27)11-6-15-4-7-17(8-5-15)23-20(26)14-24(2)13-16-12-18(25(28)29)9-10-19(16)22/h4-12H,3,13-14H2,1-2H3,(H,23,26)/b11-6+. The molecule has 0 spiro atoms. The summed E-state index contributed by atoms with van der Waals surface area (Å²) in [5.41, 5.74) is 1.91. The molecule has 0 aromatic heterocycles. The molecule has 0 saturated heterocycles. The summed E-state index contributed by atoms with van der Waals surface area (Å²) in [7, 11) is 1.72. The maximum absolute atomic E-state index is 12.3. The summed E-state index contributed by atoms with van der Waals surface area (Å²) < 4.78 is 4.82. The van der Waals surface area contributed by atoms with E-state index in [1.54, 1.807) is 49.2 Å². The summed E-state index contributed by atoms with van der Waals surface area (Å²) >= 11 is 6.10. The smallest absolute Gasteiger partial charge is 0.330 e. The lowest BCUT2D eigenvalue weighted by molar-refractivity contribution is -0.384. The van der Waals surface area contributed by atoms with Crippen molar-refractivity contribution in [1.29, 1.82) is 0 Å². The molecule has 0 radical (unpaired) electrons. The summed E-state index contributed by atoms with van der Waals surface area (Å²) in [6.45, 7) is 2.41. The fraction of sp³-hybridized carbons (Fsp3) is 0.238. The first-order valence-electron chi connectivity index (χ1n) is 9.14. The second-order valence-corrected chi connectivity index (χ2v) is 6.87. The molecule has 0 aliphatic rings. The molecule has 2 aromatic carbocycles. The number of nitrogens with one attached hydrogen (secondary N) is 1. The third-order valence-corrected chi connectivity index (χ3v) is 4.36. The van der Waals surface area contributed by atoms with Gasteiger partial charge in [-0.05, 0) is 49.4 Å². The van der Waals surface area contributed by atoms with Crippen molar-refractivity contribution in [3.63, 3.8) is 0 Å². The zero-order chi connectivity index (χ0) is 22.1. The van der Waals surface area contributed by atoms with Crippen molar-refractivity contribution in [2.24, 2.45) is 0 Å². The van der Waals surface area contributed by atoms with Gasteiger partial charge in [0.15, 0.2) is 0 Å². The highest BCUT2D eigenvalue weighted by atomic mass is 35.5. The number of carbonyl (C=O) groups excluding carboxylic acids is 2.